The lowest BCUT2D eigenvalue weighted by Crippen LogP contribution is -2.52. The number of carbonyl (C=O) groups is 1. The lowest BCUT2D eigenvalue weighted by molar-refractivity contribution is -0.119. The van der Waals surface area contributed by atoms with Crippen molar-refractivity contribution in [2.24, 2.45) is 0 Å². The first kappa shape index (κ1) is 21.1. The summed E-state index contributed by atoms with van der Waals surface area (Å²) in [6, 6.07) is 5.40. The van der Waals surface area contributed by atoms with Gasteiger partial charge in [0, 0.05) is 10.5 Å². The molecule has 0 aliphatic heterocycles. The molecule has 1 rings (SSSR count). The van der Waals surface area contributed by atoms with Crippen molar-refractivity contribution >= 4 is 27.6 Å². The fourth-order valence-corrected chi connectivity index (χ4v) is 4.70. The Balaban J connectivity index is 2.99. The summed E-state index contributed by atoms with van der Waals surface area (Å²) >= 11 is 1.23. The summed E-state index contributed by atoms with van der Waals surface area (Å²) in [7, 11) is -3.84. The third-order valence-corrected chi connectivity index (χ3v) is 6.53. The first-order chi connectivity index (χ1) is 11.0. The van der Waals surface area contributed by atoms with Crippen LogP contribution in [-0.4, -0.2) is 53.7 Å². The highest BCUT2D eigenvalue weighted by molar-refractivity contribution is 8.00. The van der Waals surface area contributed by atoms with E-state index in [0.717, 1.165) is 5.56 Å². The monoisotopic (exact) mass is 375 g/mol. The van der Waals surface area contributed by atoms with Crippen molar-refractivity contribution in [1.29, 1.82) is 0 Å². The molecule has 0 aromatic heterocycles. The van der Waals surface area contributed by atoms with Crippen molar-refractivity contribution in [2.45, 2.75) is 49.5 Å². The molecule has 1 aromatic rings. The Morgan fingerprint density at radius 3 is 2.29 bits per heavy atom. The number of benzene rings is 1. The Kier molecular flexibility index (Phi) is 7.43. The van der Waals surface area contributed by atoms with Gasteiger partial charge in [0.1, 0.15) is 5.78 Å². The van der Waals surface area contributed by atoms with E-state index in [1.807, 2.05) is 6.92 Å². The maximum atomic E-state index is 12.5. The van der Waals surface area contributed by atoms with E-state index < -0.39 is 26.9 Å². The number of hydrogen-bond acceptors (Lipinski definition) is 6. The van der Waals surface area contributed by atoms with Crippen LogP contribution in [0.1, 0.15) is 26.3 Å². The van der Waals surface area contributed by atoms with Crippen molar-refractivity contribution in [3.8, 4) is 0 Å². The van der Waals surface area contributed by atoms with E-state index in [0.29, 0.717) is 0 Å². The average Bonchev–Trinajstić information content (AvgIpc) is 2.50. The highest BCUT2D eigenvalue weighted by Gasteiger charge is 2.37. The normalized spacial score (nSPS) is 15.1. The fourth-order valence-electron chi connectivity index (χ4n) is 2.10. The molecule has 0 radical (unpaired) electrons. The van der Waals surface area contributed by atoms with Gasteiger partial charge >= 0.3 is 0 Å². The number of ketones is 1. The second-order valence-electron chi connectivity index (χ2n) is 6.23. The molecule has 0 fully saturated rings. The molecule has 0 unspecified atom stereocenters. The summed E-state index contributed by atoms with van der Waals surface area (Å²) in [4.78, 5) is 12.1. The van der Waals surface area contributed by atoms with Crippen molar-refractivity contribution in [3.05, 3.63) is 29.8 Å². The van der Waals surface area contributed by atoms with Gasteiger partial charge in [-0.1, -0.05) is 17.7 Å². The minimum Gasteiger partial charge on any atom is -0.394 e. The minimum atomic E-state index is -3.84. The number of aliphatic hydroxyl groups excluding tert-OH is 2. The van der Waals surface area contributed by atoms with Gasteiger partial charge in [-0.05, 0) is 39.8 Å². The number of sulfonamides is 1. The summed E-state index contributed by atoms with van der Waals surface area (Å²) < 4.78 is 26.8. The maximum absolute atomic E-state index is 12.5. The predicted molar refractivity (Wildman–Crippen MR) is 95.6 cm³/mol. The van der Waals surface area contributed by atoms with Crippen molar-refractivity contribution in [2.75, 3.05) is 12.4 Å². The highest BCUT2D eigenvalue weighted by Crippen LogP contribution is 2.30. The van der Waals surface area contributed by atoms with Crippen LogP contribution in [0.25, 0.3) is 0 Å². The van der Waals surface area contributed by atoms with E-state index in [1.165, 1.54) is 30.8 Å². The Hall–Kier alpha value is -0.930. The first-order valence-electron chi connectivity index (χ1n) is 7.52. The molecule has 0 heterocycles. The Labute approximate surface area is 147 Å². The van der Waals surface area contributed by atoms with E-state index in [2.05, 4.69) is 4.72 Å². The molecule has 2 atom stereocenters. The molecule has 0 saturated carbocycles. The number of aryl methyl sites for hydroxylation is 1. The molecule has 136 valence electrons. The number of hydrogen-bond donors (Lipinski definition) is 3. The Morgan fingerprint density at radius 2 is 1.83 bits per heavy atom. The molecular weight excluding hydrogens is 350 g/mol. The number of rotatable bonds is 9. The van der Waals surface area contributed by atoms with E-state index in [1.54, 1.807) is 26.0 Å². The van der Waals surface area contributed by atoms with Gasteiger partial charge in [-0.15, -0.1) is 0 Å². The lowest BCUT2D eigenvalue weighted by Gasteiger charge is -2.33. The Morgan fingerprint density at radius 1 is 1.29 bits per heavy atom. The van der Waals surface area contributed by atoms with Crippen LogP contribution in [0.3, 0.4) is 0 Å². The van der Waals surface area contributed by atoms with Crippen LogP contribution in [0.5, 0.6) is 0 Å². The number of aliphatic hydroxyl groups is 2. The molecule has 0 bridgehead atoms. The van der Waals surface area contributed by atoms with Gasteiger partial charge in [-0.2, -0.15) is 16.5 Å². The van der Waals surface area contributed by atoms with Gasteiger partial charge in [-0.3, -0.25) is 4.79 Å². The first-order valence-corrected chi connectivity index (χ1v) is 9.99. The van der Waals surface area contributed by atoms with Gasteiger partial charge in [0.2, 0.25) is 10.0 Å². The third kappa shape index (κ3) is 5.86. The SMILES string of the molecule is CC(=O)[C@H](NS(=O)(=O)c1ccc(C)cc1)C(C)(C)SC[C@H](O)CO. The van der Waals surface area contributed by atoms with Crippen molar-refractivity contribution in [3.63, 3.8) is 0 Å². The molecular formula is C16H25NO5S2. The molecule has 1 aromatic carbocycles. The number of nitrogens with one attached hydrogen (secondary N) is 1. The van der Waals surface area contributed by atoms with E-state index in [9.17, 15) is 18.3 Å². The van der Waals surface area contributed by atoms with Gasteiger partial charge in [0.05, 0.1) is 23.6 Å². The van der Waals surface area contributed by atoms with Crippen LogP contribution in [0, 0.1) is 6.92 Å². The Bertz CT molecular complexity index is 656. The standard InChI is InChI=1S/C16H25NO5S2/c1-11-5-7-14(8-6-11)24(21,22)17-15(12(2)19)16(3,4)23-10-13(20)9-18/h5-8,13,15,17-18,20H,9-10H2,1-4H3/t13-,15+/m1/s1. The zero-order valence-electron chi connectivity index (χ0n) is 14.3. The topological polar surface area (TPSA) is 104 Å². The molecule has 0 aliphatic rings. The molecule has 0 saturated heterocycles. The minimum absolute atomic E-state index is 0.0931. The molecule has 0 aliphatic carbocycles. The van der Waals surface area contributed by atoms with Crippen LogP contribution in [0.2, 0.25) is 0 Å². The van der Waals surface area contributed by atoms with Crippen LogP contribution < -0.4 is 4.72 Å². The van der Waals surface area contributed by atoms with Gasteiger partial charge in [0.15, 0.2) is 0 Å². The molecule has 6 nitrogen and oxygen atoms in total. The zero-order chi connectivity index (χ0) is 18.5. The molecule has 0 amide bonds. The van der Waals surface area contributed by atoms with Crippen molar-refractivity contribution < 1.29 is 23.4 Å². The maximum Gasteiger partial charge on any atom is 0.241 e. The number of thioether (sulfide) groups is 1. The zero-order valence-corrected chi connectivity index (χ0v) is 15.9. The summed E-state index contributed by atoms with van der Waals surface area (Å²) in [5, 5.41) is 18.4. The molecule has 8 heteroatoms. The van der Waals surface area contributed by atoms with E-state index >= 15 is 0 Å². The lowest BCUT2D eigenvalue weighted by atomic mass is 10.0. The second kappa shape index (κ2) is 8.44. The third-order valence-electron chi connectivity index (χ3n) is 3.56. The molecule has 24 heavy (non-hydrogen) atoms. The number of carbonyl (C=O) groups excluding carboxylic acids is 1. The summed E-state index contributed by atoms with van der Waals surface area (Å²) in [5.41, 5.74) is 0.936. The quantitative estimate of drug-likeness (QED) is 0.597. The average molecular weight is 376 g/mol. The van der Waals surface area contributed by atoms with Crippen LogP contribution >= 0.6 is 11.8 Å². The van der Waals surface area contributed by atoms with E-state index in [-0.39, 0.29) is 23.0 Å². The predicted octanol–water partition coefficient (Wildman–Crippen LogP) is 1.10. The molecule has 0 spiro atoms. The number of Topliss-reactive ketones (excluding diaryl/α,β-unsaturated/α-hetero) is 1. The highest BCUT2D eigenvalue weighted by atomic mass is 32.2. The van der Waals surface area contributed by atoms with Crippen molar-refractivity contribution in [1.82, 2.24) is 4.72 Å². The van der Waals surface area contributed by atoms with Gasteiger partial charge < -0.3 is 10.2 Å². The smallest absolute Gasteiger partial charge is 0.241 e. The second-order valence-corrected chi connectivity index (χ2v) is 9.62. The summed E-state index contributed by atoms with van der Waals surface area (Å²) in [5.74, 6) is -0.124. The molecule has 3 N–H and O–H groups in total. The van der Waals surface area contributed by atoms with Crippen LogP contribution in [0.15, 0.2) is 29.2 Å². The fraction of sp³-hybridized carbons (Fsp3) is 0.562. The largest absolute Gasteiger partial charge is 0.394 e. The van der Waals surface area contributed by atoms with Crippen LogP contribution in [-0.2, 0) is 14.8 Å². The summed E-state index contributed by atoms with van der Waals surface area (Å²) in [6.07, 6.45) is -0.921. The van der Waals surface area contributed by atoms with Gasteiger partial charge in [-0.25, -0.2) is 8.42 Å². The van der Waals surface area contributed by atoms with Crippen LogP contribution in [0.4, 0.5) is 0 Å². The van der Waals surface area contributed by atoms with E-state index in [4.69, 9.17) is 5.11 Å². The summed E-state index contributed by atoms with van der Waals surface area (Å²) in [6.45, 7) is 6.25. The van der Waals surface area contributed by atoms with Gasteiger partial charge in [0.25, 0.3) is 0 Å².